The van der Waals surface area contributed by atoms with E-state index >= 15 is 0 Å². The van der Waals surface area contributed by atoms with E-state index in [-0.39, 0.29) is 30.2 Å². The monoisotopic (exact) mass is 541 g/mol. The van der Waals surface area contributed by atoms with Crippen LogP contribution >= 0.6 is 36.6 Å². The topological polar surface area (TPSA) is 37.4 Å². The van der Waals surface area contributed by atoms with Crippen LogP contribution < -0.4 is 9.47 Å². The van der Waals surface area contributed by atoms with Gasteiger partial charge in [0, 0.05) is 38.3 Å². The summed E-state index contributed by atoms with van der Waals surface area (Å²) in [7, 11) is 3.93. The highest BCUT2D eigenvalue weighted by atomic mass is 35.5. The number of halogens is 2. The molecule has 0 bridgehead atoms. The van der Waals surface area contributed by atoms with Crippen molar-refractivity contribution in [3.63, 3.8) is 0 Å². The molecule has 0 amide bonds. The van der Waals surface area contributed by atoms with Crippen molar-refractivity contribution in [2.75, 3.05) is 53.6 Å². The van der Waals surface area contributed by atoms with Gasteiger partial charge in [-0.25, -0.2) is 5.06 Å². The van der Waals surface area contributed by atoms with Gasteiger partial charge in [0.25, 0.3) is 0 Å². The van der Waals surface area contributed by atoms with Crippen LogP contribution in [0.4, 0.5) is 0 Å². The first kappa shape index (κ1) is 29.6. The predicted molar refractivity (Wildman–Crippen MR) is 150 cm³/mol. The van der Waals surface area contributed by atoms with Gasteiger partial charge in [0.1, 0.15) is 5.37 Å². The molecule has 9 heteroatoms. The smallest absolute Gasteiger partial charge is 0.161 e. The number of ether oxygens (including phenoxy) is 2. The minimum atomic E-state index is 0. The molecular formula is C26H37Cl2N3O3S. The van der Waals surface area contributed by atoms with E-state index in [4.69, 9.17) is 14.3 Å². The molecule has 1 fully saturated rings. The average Bonchev–Trinajstić information content (AvgIpc) is 3.26. The zero-order valence-electron chi connectivity index (χ0n) is 20.9. The second-order valence-electron chi connectivity index (χ2n) is 8.35. The molecule has 194 valence electrons. The Morgan fingerprint density at radius 3 is 2.31 bits per heavy atom. The Morgan fingerprint density at radius 1 is 0.914 bits per heavy atom. The fourth-order valence-electron chi connectivity index (χ4n) is 4.28. The molecule has 6 nitrogen and oxygen atoms in total. The van der Waals surface area contributed by atoms with E-state index in [1.54, 1.807) is 18.9 Å². The molecule has 2 aromatic rings. The molecule has 0 aromatic heterocycles. The molecule has 0 saturated carbocycles. The molecule has 1 saturated heterocycles. The first-order chi connectivity index (χ1) is 16.1. The van der Waals surface area contributed by atoms with Crippen molar-refractivity contribution in [3.05, 3.63) is 64.6 Å². The third-order valence-electron chi connectivity index (χ3n) is 6.03. The van der Waals surface area contributed by atoms with Crippen molar-refractivity contribution in [2.24, 2.45) is 0 Å². The fraction of sp³-hybridized carbons (Fsp3) is 0.462. The summed E-state index contributed by atoms with van der Waals surface area (Å²) >= 11 is 1.75. The van der Waals surface area contributed by atoms with E-state index in [1.807, 2.05) is 25.0 Å². The number of benzene rings is 2. The van der Waals surface area contributed by atoms with Crippen molar-refractivity contribution in [2.45, 2.75) is 25.8 Å². The Hall–Kier alpha value is -1.61. The number of likely N-dealkylation sites (N-methyl/N-ethyl adjacent to an activating group) is 1. The molecule has 2 aromatic carbocycles. The van der Waals surface area contributed by atoms with Crippen molar-refractivity contribution in [1.82, 2.24) is 14.9 Å². The van der Waals surface area contributed by atoms with E-state index in [0.717, 1.165) is 55.5 Å². The fourth-order valence-corrected chi connectivity index (χ4v) is 5.39. The van der Waals surface area contributed by atoms with Crippen LogP contribution in [0, 0.1) is 0 Å². The van der Waals surface area contributed by atoms with E-state index in [0.29, 0.717) is 13.2 Å². The number of hydrogen-bond donors (Lipinski definition) is 0. The van der Waals surface area contributed by atoms with Gasteiger partial charge in [0.15, 0.2) is 11.5 Å². The van der Waals surface area contributed by atoms with Gasteiger partial charge in [-0.3, -0.25) is 9.74 Å². The summed E-state index contributed by atoms with van der Waals surface area (Å²) in [5.74, 6) is 1.55. The molecule has 1 unspecified atom stereocenters. The van der Waals surface area contributed by atoms with Crippen LogP contribution in [0.1, 0.15) is 35.9 Å². The van der Waals surface area contributed by atoms with Crippen molar-refractivity contribution in [1.29, 1.82) is 0 Å². The number of hydrogen-bond acceptors (Lipinski definition) is 7. The van der Waals surface area contributed by atoms with E-state index in [1.165, 1.54) is 11.1 Å². The minimum absolute atomic E-state index is 0. The van der Waals surface area contributed by atoms with Gasteiger partial charge in [-0.1, -0.05) is 36.0 Å². The Bertz CT molecular complexity index is 971. The van der Waals surface area contributed by atoms with Gasteiger partial charge in [-0.05, 0) is 55.6 Å². The van der Waals surface area contributed by atoms with Crippen molar-refractivity contribution in [3.8, 4) is 11.5 Å². The zero-order valence-corrected chi connectivity index (χ0v) is 23.4. The summed E-state index contributed by atoms with van der Waals surface area (Å²) in [5, 5.41) is 4.20. The maximum absolute atomic E-state index is 5.88. The SMILES string of the molecule is CCOc1ccc(C2SC=C(c3cccc(CN4CCN(C)CC4)c3)N2OC)cc1OCC.Cl.Cl. The van der Waals surface area contributed by atoms with Crippen LogP contribution in [0.15, 0.2) is 47.9 Å². The quantitative estimate of drug-likeness (QED) is 0.404. The van der Waals surface area contributed by atoms with E-state index in [9.17, 15) is 0 Å². The van der Waals surface area contributed by atoms with Gasteiger partial charge in [0.05, 0.1) is 26.0 Å². The average molecular weight is 543 g/mol. The Morgan fingerprint density at radius 2 is 1.63 bits per heavy atom. The minimum Gasteiger partial charge on any atom is -0.490 e. The first-order valence-electron chi connectivity index (χ1n) is 11.7. The summed E-state index contributed by atoms with van der Waals surface area (Å²) in [5.41, 5.74) is 4.71. The number of piperazine rings is 1. The van der Waals surface area contributed by atoms with Crippen molar-refractivity contribution >= 4 is 42.3 Å². The highest BCUT2D eigenvalue weighted by molar-refractivity contribution is 8.02. The molecule has 2 aliphatic heterocycles. The zero-order chi connectivity index (χ0) is 23.2. The molecule has 2 heterocycles. The molecule has 0 radical (unpaired) electrons. The normalized spacial score (nSPS) is 18.5. The Kier molecular flexibility index (Phi) is 12.0. The lowest BCUT2D eigenvalue weighted by Gasteiger charge is -2.32. The van der Waals surface area contributed by atoms with Gasteiger partial charge in [-0.15, -0.1) is 24.8 Å². The first-order valence-corrected chi connectivity index (χ1v) is 12.7. The molecule has 1 atom stereocenters. The molecule has 0 spiro atoms. The third-order valence-corrected chi connectivity index (χ3v) is 7.11. The van der Waals surface area contributed by atoms with Crippen molar-refractivity contribution < 1.29 is 14.3 Å². The van der Waals surface area contributed by atoms with Crippen LogP contribution in [-0.2, 0) is 11.4 Å². The summed E-state index contributed by atoms with van der Waals surface area (Å²) in [6, 6.07) is 15.0. The molecule has 0 aliphatic carbocycles. The number of nitrogens with zero attached hydrogens (tertiary/aromatic N) is 3. The summed E-state index contributed by atoms with van der Waals surface area (Å²) in [4.78, 5) is 10.8. The lowest BCUT2D eigenvalue weighted by atomic mass is 10.1. The molecule has 4 rings (SSSR count). The van der Waals surface area contributed by atoms with Crippen LogP contribution in [0.3, 0.4) is 0 Å². The van der Waals surface area contributed by atoms with Crippen LogP contribution in [-0.4, -0.2) is 68.4 Å². The summed E-state index contributed by atoms with van der Waals surface area (Å²) in [6.07, 6.45) is 0. The van der Waals surface area contributed by atoms with Gasteiger partial charge in [0.2, 0.25) is 0 Å². The van der Waals surface area contributed by atoms with Gasteiger partial charge >= 0.3 is 0 Å². The Balaban J connectivity index is 0.00000216. The molecule has 35 heavy (non-hydrogen) atoms. The highest BCUT2D eigenvalue weighted by Gasteiger charge is 2.30. The van der Waals surface area contributed by atoms with Crippen LogP contribution in [0.2, 0.25) is 0 Å². The van der Waals surface area contributed by atoms with Crippen LogP contribution in [0.5, 0.6) is 11.5 Å². The second-order valence-corrected chi connectivity index (χ2v) is 9.31. The lowest BCUT2D eigenvalue weighted by molar-refractivity contribution is -0.0837. The van der Waals surface area contributed by atoms with E-state index in [2.05, 4.69) is 58.7 Å². The summed E-state index contributed by atoms with van der Waals surface area (Å²) in [6.45, 7) is 10.7. The standard InChI is InChI=1S/C26H35N3O3S.2ClH/c1-5-31-24-11-10-22(17-25(24)32-6-2)26-29(30-4)23(19-33-26)21-9-7-8-20(16-21)18-28-14-12-27(3)13-15-28;;/h7-11,16-17,19,26H,5-6,12-15,18H2,1-4H3;2*1H. The largest absolute Gasteiger partial charge is 0.490 e. The van der Waals surface area contributed by atoms with Gasteiger partial charge < -0.3 is 14.4 Å². The molecule has 0 N–H and O–H groups in total. The van der Waals surface area contributed by atoms with E-state index < -0.39 is 0 Å². The predicted octanol–water partition coefficient (Wildman–Crippen LogP) is 5.68. The van der Waals surface area contributed by atoms with Crippen LogP contribution in [0.25, 0.3) is 5.70 Å². The lowest BCUT2D eigenvalue weighted by Crippen LogP contribution is -2.43. The number of hydroxylamine groups is 2. The second kappa shape index (κ2) is 14.2. The molecular weight excluding hydrogens is 505 g/mol. The number of thioether (sulfide) groups is 1. The Labute approximate surface area is 226 Å². The van der Waals surface area contributed by atoms with Gasteiger partial charge in [-0.2, -0.15) is 0 Å². The maximum Gasteiger partial charge on any atom is 0.161 e. The third kappa shape index (κ3) is 7.21. The maximum atomic E-state index is 5.88. The summed E-state index contributed by atoms with van der Waals surface area (Å²) < 4.78 is 11.6. The number of rotatable bonds is 9. The molecule has 2 aliphatic rings. The highest BCUT2D eigenvalue weighted by Crippen LogP contribution is 2.47.